The zero-order chi connectivity index (χ0) is 21.8. The van der Waals surface area contributed by atoms with Crippen molar-refractivity contribution in [3.63, 3.8) is 0 Å². The van der Waals surface area contributed by atoms with Crippen LogP contribution in [0.25, 0.3) is 0 Å². The molecule has 0 radical (unpaired) electrons. The van der Waals surface area contributed by atoms with Crippen molar-refractivity contribution in [1.29, 1.82) is 0 Å². The lowest BCUT2D eigenvalue weighted by Crippen LogP contribution is -2.51. The number of ketones is 1. The van der Waals surface area contributed by atoms with Crippen LogP contribution in [0.3, 0.4) is 0 Å². The van der Waals surface area contributed by atoms with Gasteiger partial charge in [0, 0.05) is 51.7 Å². The lowest BCUT2D eigenvalue weighted by atomic mass is 9.70. The fourth-order valence-corrected chi connectivity index (χ4v) is 5.41. The molecule has 5 rings (SSSR count). The van der Waals surface area contributed by atoms with Gasteiger partial charge in [-0.1, -0.05) is 35.3 Å². The van der Waals surface area contributed by atoms with Gasteiger partial charge in [-0.2, -0.15) is 0 Å². The van der Waals surface area contributed by atoms with Crippen LogP contribution in [0.5, 0.6) is 0 Å². The minimum atomic E-state index is -1.17. The first-order valence-corrected chi connectivity index (χ1v) is 10.7. The predicted octanol–water partition coefficient (Wildman–Crippen LogP) is 4.76. The van der Waals surface area contributed by atoms with Crippen LogP contribution in [0.15, 0.2) is 67.0 Å². The Morgan fingerprint density at radius 1 is 1.13 bits per heavy atom. The molecule has 31 heavy (non-hydrogen) atoms. The highest BCUT2D eigenvalue weighted by Crippen LogP contribution is 2.56. The van der Waals surface area contributed by atoms with Crippen LogP contribution in [0.1, 0.15) is 27.4 Å². The molecular formula is C24H19Cl2N3O2. The van der Waals surface area contributed by atoms with Gasteiger partial charge in [-0.05, 0) is 55.1 Å². The Kier molecular flexibility index (Phi) is 4.85. The molecule has 3 unspecified atom stereocenters. The van der Waals surface area contributed by atoms with Gasteiger partial charge in [0.15, 0.2) is 5.78 Å². The molecule has 1 aromatic heterocycles. The van der Waals surface area contributed by atoms with Crippen LogP contribution < -0.4 is 5.32 Å². The predicted molar refractivity (Wildman–Crippen MR) is 121 cm³/mol. The smallest absolute Gasteiger partial charge is 0.250 e. The molecular weight excluding hydrogens is 433 g/mol. The molecule has 156 valence electrons. The highest BCUT2D eigenvalue weighted by atomic mass is 35.5. The molecule has 1 amide bonds. The number of benzene rings is 2. The van der Waals surface area contributed by atoms with Crippen molar-refractivity contribution >= 4 is 40.6 Å². The molecule has 2 aliphatic heterocycles. The fourth-order valence-electron chi connectivity index (χ4n) is 5.11. The van der Waals surface area contributed by atoms with E-state index in [4.69, 9.17) is 23.2 Å². The summed E-state index contributed by atoms with van der Waals surface area (Å²) in [6.45, 7) is 0.525. The number of hydrogen-bond donors (Lipinski definition) is 1. The average molecular weight is 452 g/mol. The Morgan fingerprint density at radius 3 is 2.58 bits per heavy atom. The number of Topliss-reactive ketones (excluding diaryl/α,β-unsaturated/α-hetero) is 1. The summed E-state index contributed by atoms with van der Waals surface area (Å²) in [5.41, 5.74) is 1.67. The van der Waals surface area contributed by atoms with E-state index in [2.05, 4.69) is 10.3 Å². The summed E-state index contributed by atoms with van der Waals surface area (Å²) in [6, 6.07) is 16.3. The summed E-state index contributed by atoms with van der Waals surface area (Å²) in [7, 11) is 1.88. The number of rotatable bonds is 3. The number of pyridine rings is 1. The quantitative estimate of drug-likeness (QED) is 0.582. The lowest BCUT2D eigenvalue weighted by molar-refractivity contribution is -0.126. The zero-order valence-corrected chi connectivity index (χ0v) is 18.2. The van der Waals surface area contributed by atoms with Gasteiger partial charge < -0.3 is 5.32 Å². The van der Waals surface area contributed by atoms with Crippen molar-refractivity contribution in [3.8, 4) is 0 Å². The number of aromatic nitrogens is 1. The van der Waals surface area contributed by atoms with Crippen molar-refractivity contribution < 1.29 is 9.59 Å². The van der Waals surface area contributed by atoms with Gasteiger partial charge in [-0.25, -0.2) is 0 Å². The molecule has 1 spiro atoms. The summed E-state index contributed by atoms with van der Waals surface area (Å²) in [6.07, 6.45) is 3.18. The lowest BCUT2D eigenvalue weighted by Gasteiger charge is -2.35. The number of likely N-dealkylation sites (tertiary alicyclic amines) is 1. The molecule has 3 heterocycles. The number of carbonyl (C=O) groups excluding carboxylic acids is 2. The van der Waals surface area contributed by atoms with E-state index >= 15 is 0 Å². The SMILES string of the molecule is CN1CC(c2ccc(Cl)cc2)C(C(=O)c2cccnc2)C12C(=O)Nc1ccc(Cl)cc12. The van der Waals surface area contributed by atoms with Gasteiger partial charge in [-0.15, -0.1) is 0 Å². The van der Waals surface area contributed by atoms with Gasteiger partial charge in [0.25, 0.3) is 0 Å². The molecule has 2 aliphatic rings. The minimum Gasteiger partial charge on any atom is -0.324 e. The van der Waals surface area contributed by atoms with E-state index in [-0.39, 0.29) is 17.6 Å². The van der Waals surface area contributed by atoms with Gasteiger partial charge in [-0.3, -0.25) is 19.5 Å². The van der Waals surface area contributed by atoms with Gasteiger partial charge in [0.1, 0.15) is 5.54 Å². The fraction of sp³-hybridized carbons (Fsp3) is 0.208. The van der Waals surface area contributed by atoms with Crippen molar-refractivity contribution in [2.24, 2.45) is 5.92 Å². The second kappa shape index (κ2) is 7.45. The third-order valence-electron chi connectivity index (χ3n) is 6.44. The molecule has 0 bridgehead atoms. The van der Waals surface area contributed by atoms with Crippen LogP contribution >= 0.6 is 23.2 Å². The van der Waals surface area contributed by atoms with E-state index in [1.54, 1.807) is 42.7 Å². The zero-order valence-electron chi connectivity index (χ0n) is 16.7. The van der Waals surface area contributed by atoms with Crippen LogP contribution in [0, 0.1) is 5.92 Å². The third-order valence-corrected chi connectivity index (χ3v) is 6.93. The maximum absolute atomic E-state index is 13.9. The molecule has 0 saturated carbocycles. The number of likely N-dealkylation sites (N-methyl/N-ethyl adjacent to an activating group) is 1. The van der Waals surface area contributed by atoms with Crippen LogP contribution in [-0.2, 0) is 10.3 Å². The van der Waals surface area contributed by atoms with E-state index < -0.39 is 11.5 Å². The second-order valence-corrected chi connectivity index (χ2v) is 8.91. The minimum absolute atomic E-state index is 0.125. The van der Waals surface area contributed by atoms with Gasteiger partial charge >= 0.3 is 0 Å². The summed E-state index contributed by atoms with van der Waals surface area (Å²) in [5, 5.41) is 4.12. The molecule has 5 nitrogen and oxygen atoms in total. The molecule has 2 aromatic carbocycles. The number of carbonyl (C=O) groups is 2. The Bertz CT molecular complexity index is 1180. The Labute approximate surface area is 190 Å². The Hall–Kier alpha value is -2.73. The number of hydrogen-bond acceptors (Lipinski definition) is 4. The monoisotopic (exact) mass is 451 g/mol. The molecule has 7 heteroatoms. The Balaban J connectivity index is 1.74. The van der Waals surface area contributed by atoms with E-state index in [1.165, 1.54) is 0 Å². The largest absolute Gasteiger partial charge is 0.324 e. The third kappa shape index (κ3) is 2.99. The van der Waals surface area contributed by atoms with Crippen LogP contribution in [-0.4, -0.2) is 35.2 Å². The molecule has 3 aromatic rings. The normalized spacial score (nSPS) is 24.9. The highest BCUT2D eigenvalue weighted by Gasteiger charge is 2.64. The van der Waals surface area contributed by atoms with Crippen LogP contribution in [0.4, 0.5) is 5.69 Å². The van der Waals surface area contributed by atoms with Crippen molar-refractivity contribution in [3.05, 3.63) is 93.7 Å². The van der Waals surface area contributed by atoms with E-state index in [0.29, 0.717) is 27.8 Å². The first kappa shape index (κ1) is 20.2. The number of nitrogens with zero attached hydrogens (tertiary/aromatic N) is 2. The van der Waals surface area contributed by atoms with Gasteiger partial charge in [0.2, 0.25) is 5.91 Å². The van der Waals surface area contributed by atoms with Gasteiger partial charge in [0.05, 0.1) is 5.92 Å². The summed E-state index contributed by atoms with van der Waals surface area (Å²) >= 11 is 12.4. The maximum atomic E-state index is 13.9. The molecule has 1 saturated heterocycles. The standard InChI is InChI=1S/C24H19Cl2N3O2/c1-29-13-18(14-4-6-16(25)7-5-14)21(22(30)15-3-2-10-27-12-15)24(29)19-11-17(26)8-9-20(19)28-23(24)31/h2-12,18,21H,13H2,1H3,(H,28,31). The number of anilines is 1. The van der Waals surface area contributed by atoms with Crippen molar-refractivity contribution in [1.82, 2.24) is 9.88 Å². The van der Waals surface area contributed by atoms with E-state index in [9.17, 15) is 9.59 Å². The number of nitrogens with one attached hydrogen (secondary N) is 1. The molecule has 1 fully saturated rings. The number of halogens is 2. The van der Waals surface area contributed by atoms with Crippen LogP contribution in [0.2, 0.25) is 10.0 Å². The molecule has 1 N–H and O–H groups in total. The first-order valence-electron chi connectivity index (χ1n) is 9.95. The Morgan fingerprint density at radius 2 is 1.87 bits per heavy atom. The van der Waals surface area contributed by atoms with E-state index in [1.807, 2.05) is 36.2 Å². The maximum Gasteiger partial charge on any atom is 0.250 e. The number of fused-ring (bicyclic) bond motifs is 2. The molecule has 3 atom stereocenters. The first-order chi connectivity index (χ1) is 14.9. The van der Waals surface area contributed by atoms with E-state index in [0.717, 1.165) is 11.1 Å². The van der Waals surface area contributed by atoms with Crippen molar-refractivity contribution in [2.45, 2.75) is 11.5 Å². The summed E-state index contributed by atoms with van der Waals surface area (Å²) in [5.74, 6) is -1.22. The summed E-state index contributed by atoms with van der Waals surface area (Å²) < 4.78 is 0. The summed E-state index contributed by atoms with van der Waals surface area (Å²) in [4.78, 5) is 33.6. The topological polar surface area (TPSA) is 62.3 Å². The number of amides is 1. The molecule has 0 aliphatic carbocycles. The average Bonchev–Trinajstić information content (AvgIpc) is 3.24. The highest BCUT2D eigenvalue weighted by molar-refractivity contribution is 6.31. The van der Waals surface area contributed by atoms with Crippen molar-refractivity contribution in [2.75, 3.05) is 18.9 Å². The second-order valence-electron chi connectivity index (χ2n) is 8.03.